The molecule has 1 aromatic heterocycles. The van der Waals surface area contributed by atoms with Crippen LogP contribution in [0.4, 0.5) is 18.4 Å². The second-order valence-electron chi connectivity index (χ2n) is 9.81. The summed E-state index contributed by atoms with van der Waals surface area (Å²) in [5.41, 5.74) is 1.84. The van der Waals surface area contributed by atoms with Gasteiger partial charge in [-0.25, -0.2) is 28.1 Å². The number of hydrogen-bond donors (Lipinski definition) is 4. The number of esters is 1. The maximum Gasteiger partial charge on any atom is 0.338 e. The van der Waals surface area contributed by atoms with Gasteiger partial charge in [-0.15, -0.1) is 0 Å². The second kappa shape index (κ2) is 13.6. The Bertz CT molecular complexity index is 1320. The average molecular weight is 573 g/mol. The van der Waals surface area contributed by atoms with Gasteiger partial charge in [0.15, 0.2) is 11.6 Å². The van der Waals surface area contributed by atoms with E-state index in [1.165, 1.54) is 13.2 Å². The smallest absolute Gasteiger partial charge is 0.338 e. The van der Waals surface area contributed by atoms with Crippen LogP contribution in [0.1, 0.15) is 41.9 Å². The number of benzene rings is 1. The number of halogens is 2. The van der Waals surface area contributed by atoms with Crippen molar-refractivity contribution in [3.63, 3.8) is 0 Å². The van der Waals surface area contributed by atoms with Gasteiger partial charge in [-0.1, -0.05) is 12.1 Å². The molecule has 13 heteroatoms. The topological polar surface area (TPSA) is 134 Å². The van der Waals surface area contributed by atoms with E-state index in [1.54, 1.807) is 0 Å². The zero-order valence-electron chi connectivity index (χ0n) is 23.1. The number of urea groups is 2. The van der Waals surface area contributed by atoms with E-state index in [4.69, 9.17) is 9.47 Å². The Morgan fingerprint density at radius 2 is 1.95 bits per heavy atom. The fraction of sp³-hybridized carbons (Fsp3) is 0.429. The molecule has 0 bridgehead atoms. The molecule has 4 N–H and O–H groups in total. The third-order valence-electron chi connectivity index (χ3n) is 7.01. The average Bonchev–Trinajstić information content (AvgIpc) is 2.96. The number of piperidine rings is 1. The van der Waals surface area contributed by atoms with E-state index >= 15 is 0 Å². The van der Waals surface area contributed by atoms with Crippen molar-refractivity contribution >= 4 is 18.0 Å². The van der Waals surface area contributed by atoms with E-state index in [9.17, 15) is 23.2 Å². The van der Waals surface area contributed by atoms with Gasteiger partial charge in [0.1, 0.15) is 6.04 Å². The largest absolute Gasteiger partial charge is 0.466 e. The number of amides is 4. The van der Waals surface area contributed by atoms with Gasteiger partial charge in [-0.05, 0) is 56.1 Å². The van der Waals surface area contributed by atoms with Gasteiger partial charge in [0.25, 0.3) is 0 Å². The van der Waals surface area contributed by atoms with Crippen LogP contribution in [-0.2, 0) is 14.3 Å². The van der Waals surface area contributed by atoms with Crippen LogP contribution in [0.25, 0.3) is 0 Å². The van der Waals surface area contributed by atoms with E-state index in [1.807, 2.05) is 25.1 Å². The van der Waals surface area contributed by atoms with Crippen LogP contribution < -0.4 is 21.3 Å². The summed E-state index contributed by atoms with van der Waals surface area (Å²) in [6.45, 7) is 3.13. The van der Waals surface area contributed by atoms with Crippen LogP contribution in [0.15, 0.2) is 47.7 Å². The van der Waals surface area contributed by atoms with Crippen molar-refractivity contribution in [3.05, 3.63) is 76.3 Å². The number of carbonyl (C=O) groups excluding carboxylic acids is 3. The fourth-order valence-electron chi connectivity index (χ4n) is 5.10. The molecule has 3 heterocycles. The molecule has 0 aliphatic carbocycles. The lowest BCUT2D eigenvalue weighted by Gasteiger charge is -2.36. The maximum atomic E-state index is 14.2. The highest BCUT2D eigenvalue weighted by molar-refractivity contribution is 6.01. The molecule has 3 atom stereocenters. The van der Waals surface area contributed by atoms with E-state index in [0.29, 0.717) is 6.54 Å². The van der Waals surface area contributed by atoms with Crippen LogP contribution in [-0.4, -0.2) is 74.4 Å². The summed E-state index contributed by atoms with van der Waals surface area (Å²) in [4.78, 5) is 44.6. The summed E-state index contributed by atoms with van der Waals surface area (Å²) >= 11 is 0. The molecule has 11 nitrogen and oxygen atoms in total. The molecule has 1 fully saturated rings. The van der Waals surface area contributed by atoms with Crippen molar-refractivity contribution in [1.29, 1.82) is 0 Å². The standard InChI is InChI=1S/C28H34F2N6O5/c1-16-5-4-6-21(34-16)22-14-18(9-10-32-22)31-11-12-33-27(38)36-25(17-7-8-19(29)20(30)13-17)24(26(37)41-3)23(15-40-2)35-28(36)39/h4-8,13,18,22,25,31-32H,9-12,14-15H2,1-3H3,(H,33,38)(H,35,39)/t18?,22?,25-/m0/s1. The minimum Gasteiger partial charge on any atom is -0.466 e. The number of pyridine rings is 1. The van der Waals surface area contributed by atoms with Crippen LogP contribution in [0.5, 0.6) is 0 Å². The zero-order chi connectivity index (χ0) is 29.5. The minimum atomic E-state index is -1.39. The molecule has 4 rings (SSSR count). The highest BCUT2D eigenvalue weighted by atomic mass is 19.2. The number of imide groups is 1. The molecule has 0 saturated carbocycles. The van der Waals surface area contributed by atoms with Gasteiger partial charge in [-0.2, -0.15) is 0 Å². The Kier molecular flexibility index (Phi) is 9.97. The van der Waals surface area contributed by atoms with Crippen molar-refractivity contribution in [2.45, 2.75) is 37.9 Å². The minimum absolute atomic E-state index is 0.00605. The molecular weight excluding hydrogens is 538 g/mol. The number of rotatable bonds is 9. The summed E-state index contributed by atoms with van der Waals surface area (Å²) in [6, 6.07) is 6.03. The van der Waals surface area contributed by atoms with Crippen LogP contribution in [0.2, 0.25) is 0 Å². The monoisotopic (exact) mass is 572 g/mol. The number of ether oxygens (including phenoxy) is 2. The predicted octanol–water partition coefficient (Wildman–Crippen LogP) is 2.60. The van der Waals surface area contributed by atoms with Crippen molar-refractivity contribution in [3.8, 4) is 0 Å². The molecule has 4 amide bonds. The Morgan fingerprint density at radius 3 is 2.66 bits per heavy atom. The number of methoxy groups -OCH3 is 2. The molecule has 2 unspecified atom stereocenters. The van der Waals surface area contributed by atoms with Crippen LogP contribution >= 0.6 is 0 Å². The van der Waals surface area contributed by atoms with Gasteiger partial charge < -0.3 is 30.7 Å². The molecule has 2 aliphatic heterocycles. The Morgan fingerprint density at radius 1 is 1.15 bits per heavy atom. The normalized spacial score (nSPS) is 21.0. The number of carbonyl (C=O) groups is 3. The number of nitrogens with one attached hydrogen (secondary N) is 4. The summed E-state index contributed by atoms with van der Waals surface area (Å²) in [7, 11) is 2.49. The molecule has 220 valence electrons. The summed E-state index contributed by atoms with van der Waals surface area (Å²) in [6.07, 6.45) is 1.70. The first-order chi connectivity index (χ1) is 19.7. The molecule has 41 heavy (non-hydrogen) atoms. The Hall–Kier alpha value is -3.94. The summed E-state index contributed by atoms with van der Waals surface area (Å²) in [5.74, 6) is -3.18. The third-order valence-corrected chi connectivity index (χ3v) is 7.01. The number of aryl methyl sites for hydroxylation is 1. The summed E-state index contributed by atoms with van der Waals surface area (Å²) < 4.78 is 38.0. The molecule has 1 saturated heterocycles. The molecular formula is C28H34F2N6O5. The molecule has 1 aromatic carbocycles. The van der Waals surface area contributed by atoms with Gasteiger partial charge in [0.2, 0.25) is 0 Å². The zero-order valence-corrected chi connectivity index (χ0v) is 23.1. The first kappa shape index (κ1) is 30.0. The van der Waals surface area contributed by atoms with E-state index in [-0.39, 0.29) is 42.1 Å². The summed E-state index contributed by atoms with van der Waals surface area (Å²) in [5, 5.41) is 12.1. The molecule has 2 aliphatic rings. The van der Waals surface area contributed by atoms with E-state index < -0.39 is 35.7 Å². The first-order valence-electron chi connectivity index (χ1n) is 13.3. The van der Waals surface area contributed by atoms with Crippen LogP contribution in [0.3, 0.4) is 0 Å². The fourth-order valence-corrected chi connectivity index (χ4v) is 5.10. The molecule has 0 radical (unpaired) electrons. The number of hydrogen-bond acceptors (Lipinski definition) is 8. The Labute approximate surface area is 236 Å². The predicted molar refractivity (Wildman–Crippen MR) is 145 cm³/mol. The SMILES string of the molecule is COCC1=C(C(=O)OC)[C@H](c2ccc(F)c(F)c2)N(C(=O)NCCNC2CCNC(c3cccc(C)n3)C2)C(=O)N1. The van der Waals surface area contributed by atoms with E-state index in [2.05, 4.69) is 26.3 Å². The van der Waals surface area contributed by atoms with Crippen LogP contribution in [0, 0.1) is 18.6 Å². The number of aromatic nitrogens is 1. The third kappa shape index (κ3) is 7.04. The molecule has 0 spiro atoms. The lowest BCUT2D eigenvalue weighted by Crippen LogP contribution is -2.56. The second-order valence-corrected chi connectivity index (χ2v) is 9.81. The highest BCUT2D eigenvalue weighted by Crippen LogP contribution is 2.35. The quantitative estimate of drug-likeness (QED) is 0.266. The lowest BCUT2D eigenvalue weighted by molar-refractivity contribution is -0.137. The van der Waals surface area contributed by atoms with Crippen molar-refractivity contribution in [2.24, 2.45) is 0 Å². The molecule has 2 aromatic rings. The van der Waals surface area contributed by atoms with Crippen molar-refractivity contribution < 1.29 is 32.6 Å². The van der Waals surface area contributed by atoms with Gasteiger partial charge >= 0.3 is 18.0 Å². The van der Waals surface area contributed by atoms with Gasteiger partial charge in [-0.3, -0.25) is 4.98 Å². The lowest BCUT2D eigenvalue weighted by atomic mass is 9.93. The number of nitrogens with zero attached hydrogens (tertiary/aromatic N) is 2. The Balaban J connectivity index is 1.46. The van der Waals surface area contributed by atoms with Gasteiger partial charge in [0.05, 0.1) is 36.7 Å². The van der Waals surface area contributed by atoms with Gasteiger partial charge in [0, 0.05) is 31.9 Å². The maximum absolute atomic E-state index is 14.2. The van der Waals surface area contributed by atoms with E-state index in [0.717, 1.165) is 54.9 Å². The van der Waals surface area contributed by atoms with Crippen molar-refractivity contribution in [2.75, 3.05) is 40.5 Å². The van der Waals surface area contributed by atoms with Crippen molar-refractivity contribution in [1.82, 2.24) is 31.2 Å². The highest BCUT2D eigenvalue weighted by Gasteiger charge is 2.43. The first-order valence-corrected chi connectivity index (χ1v) is 13.3.